The number of benzene rings is 2. The van der Waals surface area contributed by atoms with Gasteiger partial charge in [0.2, 0.25) is 5.78 Å². The van der Waals surface area contributed by atoms with E-state index in [9.17, 15) is 25.2 Å². The second kappa shape index (κ2) is 11.8. The van der Waals surface area contributed by atoms with Crippen molar-refractivity contribution in [1.82, 2.24) is 24.6 Å². The molecule has 5 aromatic rings. The van der Waals surface area contributed by atoms with Crippen molar-refractivity contribution >= 4 is 51.7 Å². The average molecular weight is 624 g/mol. The van der Waals surface area contributed by atoms with Crippen LogP contribution in [0.2, 0.25) is 10.0 Å². The Labute approximate surface area is 254 Å². The van der Waals surface area contributed by atoms with E-state index in [1.165, 1.54) is 0 Å². The molecule has 6 rings (SSSR count). The summed E-state index contributed by atoms with van der Waals surface area (Å²) in [4.78, 5) is 23.7. The van der Waals surface area contributed by atoms with E-state index in [2.05, 4.69) is 15.2 Å². The molecule has 0 bridgehead atoms. The second-order valence-corrected chi connectivity index (χ2v) is 11.3. The number of hydrogen-bond donors (Lipinski definition) is 6. The van der Waals surface area contributed by atoms with E-state index >= 15 is 0 Å². The van der Waals surface area contributed by atoms with Crippen LogP contribution in [0, 0.1) is 0 Å². The van der Waals surface area contributed by atoms with Gasteiger partial charge in [-0.25, -0.2) is 14.5 Å². The van der Waals surface area contributed by atoms with Gasteiger partial charge in [0.1, 0.15) is 24.4 Å². The van der Waals surface area contributed by atoms with Gasteiger partial charge in [0.15, 0.2) is 11.5 Å². The fraction of sp³-hybridized carbons (Fsp3) is 0.267. The lowest BCUT2D eigenvalue weighted by Gasteiger charge is -2.25. The van der Waals surface area contributed by atoms with E-state index < -0.39 is 36.6 Å². The molecule has 3 aromatic heterocycles. The maximum atomic E-state index is 14.2. The first-order valence-corrected chi connectivity index (χ1v) is 14.3. The number of nitrogens with one attached hydrogen (secondary N) is 1. The number of rotatable bonds is 7. The molecule has 11 nitrogen and oxygen atoms in total. The molecule has 2 aromatic carbocycles. The molecule has 222 valence electrons. The number of aromatic amines is 1. The molecule has 0 unspecified atom stereocenters. The Balaban J connectivity index is 1.61. The van der Waals surface area contributed by atoms with E-state index in [1.807, 2.05) is 42.5 Å². The van der Waals surface area contributed by atoms with Crippen LogP contribution in [0.3, 0.4) is 0 Å². The number of aliphatic hydroxyl groups excluding tert-OH is 5. The zero-order chi connectivity index (χ0) is 30.4. The maximum absolute atomic E-state index is 14.2. The SMILES string of the molecule is O=c1c2c(-c3ccc(Cl)cc3)c3c(nc2nc2[nH]nc([C@H](O)[C@@H](O)[C@@H](O)[C@H](O)CO)n12)/C(=C/c1ccc(Cl)cc1)CCC3. The number of pyridine rings is 1. The summed E-state index contributed by atoms with van der Waals surface area (Å²) in [5.74, 6) is -0.390. The zero-order valence-electron chi connectivity index (χ0n) is 22.5. The molecule has 0 saturated heterocycles. The Kier molecular flexibility index (Phi) is 8.05. The molecule has 0 radical (unpaired) electrons. The quantitative estimate of drug-likeness (QED) is 0.159. The first-order valence-electron chi connectivity index (χ1n) is 13.6. The third-order valence-electron chi connectivity index (χ3n) is 7.66. The Bertz CT molecular complexity index is 1910. The van der Waals surface area contributed by atoms with Crippen LogP contribution in [0.1, 0.15) is 41.6 Å². The van der Waals surface area contributed by atoms with Crippen LogP contribution in [0.5, 0.6) is 0 Å². The maximum Gasteiger partial charge on any atom is 0.270 e. The molecular formula is C30H27Cl2N5O6. The molecule has 0 aliphatic heterocycles. The standard InChI is InChI=1S/C30H27Cl2N5O6/c31-17-8-4-14(5-9-17)12-16-2-1-3-19-21(15-6-10-18(32)11-7-15)22-27(33-23(16)19)34-30-36-35-28(37(30)29(22)43)26(42)25(41)24(40)20(39)13-38/h4-12,20,24-26,38-42H,1-3,13H2,(H,33,34,36)/b16-12+/t20-,24+,25+,26-/m1/s1. The van der Waals surface area contributed by atoms with Crippen molar-refractivity contribution in [2.45, 2.75) is 43.7 Å². The Morgan fingerprint density at radius 1 is 0.930 bits per heavy atom. The fourth-order valence-electron chi connectivity index (χ4n) is 5.49. The highest BCUT2D eigenvalue weighted by Crippen LogP contribution is 2.40. The first kappa shape index (κ1) is 29.4. The monoisotopic (exact) mass is 623 g/mol. The highest BCUT2D eigenvalue weighted by atomic mass is 35.5. The largest absolute Gasteiger partial charge is 0.394 e. The number of allylic oxidation sites excluding steroid dienone is 1. The van der Waals surface area contributed by atoms with Crippen molar-refractivity contribution in [3.05, 3.63) is 91.6 Å². The molecule has 0 spiro atoms. The molecular weight excluding hydrogens is 597 g/mol. The summed E-state index contributed by atoms with van der Waals surface area (Å²) in [6.07, 6.45) is -3.29. The van der Waals surface area contributed by atoms with Crippen LogP contribution in [0.4, 0.5) is 0 Å². The summed E-state index contributed by atoms with van der Waals surface area (Å²) < 4.78 is 1.01. The average Bonchev–Trinajstić information content (AvgIpc) is 3.44. The number of hydrogen-bond acceptors (Lipinski definition) is 9. The minimum Gasteiger partial charge on any atom is -0.394 e. The Hall–Kier alpha value is -3.68. The van der Waals surface area contributed by atoms with Crippen LogP contribution < -0.4 is 5.56 Å². The predicted octanol–water partition coefficient (Wildman–Crippen LogP) is 2.92. The third-order valence-corrected chi connectivity index (χ3v) is 8.16. The van der Waals surface area contributed by atoms with Crippen molar-refractivity contribution in [3.8, 4) is 11.1 Å². The minimum atomic E-state index is -1.98. The minimum absolute atomic E-state index is 0.0514. The summed E-state index contributed by atoms with van der Waals surface area (Å²) in [5, 5.41) is 58.4. The summed E-state index contributed by atoms with van der Waals surface area (Å²) in [5.41, 5.74) is 4.36. The summed E-state index contributed by atoms with van der Waals surface area (Å²) >= 11 is 12.3. The lowest BCUT2D eigenvalue weighted by Crippen LogP contribution is -2.43. The van der Waals surface area contributed by atoms with Gasteiger partial charge in [-0.2, -0.15) is 10.1 Å². The second-order valence-electron chi connectivity index (χ2n) is 10.4. The summed E-state index contributed by atoms with van der Waals surface area (Å²) in [6.45, 7) is -0.853. The van der Waals surface area contributed by atoms with E-state index in [1.54, 1.807) is 12.1 Å². The predicted molar refractivity (Wildman–Crippen MR) is 162 cm³/mol. The summed E-state index contributed by atoms with van der Waals surface area (Å²) in [6, 6.07) is 14.5. The number of aromatic nitrogens is 5. The van der Waals surface area contributed by atoms with Crippen LogP contribution in [-0.4, -0.2) is 75.0 Å². The van der Waals surface area contributed by atoms with E-state index in [0.717, 1.165) is 33.9 Å². The van der Waals surface area contributed by atoms with Gasteiger partial charge in [-0.1, -0.05) is 47.5 Å². The van der Waals surface area contributed by atoms with E-state index in [0.29, 0.717) is 33.3 Å². The number of aliphatic hydroxyl groups is 5. The van der Waals surface area contributed by atoms with Gasteiger partial charge in [0.25, 0.3) is 5.56 Å². The highest BCUT2D eigenvalue weighted by molar-refractivity contribution is 6.31. The molecule has 4 atom stereocenters. The Morgan fingerprint density at radius 2 is 1.60 bits per heavy atom. The van der Waals surface area contributed by atoms with Gasteiger partial charge in [-0.3, -0.25) is 4.79 Å². The van der Waals surface area contributed by atoms with Crippen molar-refractivity contribution in [1.29, 1.82) is 0 Å². The molecule has 13 heteroatoms. The molecule has 0 amide bonds. The van der Waals surface area contributed by atoms with Gasteiger partial charge < -0.3 is 25.5 Å². The zero-order valence-corrected chi connectivity index (χ0v) is 24.0. The lowest BCUT2D eigenvalue weighted by molar-refractivity contribution is -0.118. The van der Waals surface area contributed by atoms with Crippen molar-refractivity contribution in [2.75, 3.05) is 6.61 Å². The van der Waals surface area contributed by atoms with Crippen LogP contribution in [0.15, 0.2) is 53.3 Å². The highest BCUT2D eigenvalue weighted by Gasteiger charge is 2.35. The fourth-order valence-corrected chi connectivity index (χ4v) is 5.74. The van der Waals surface area contributed by atoms with E-state index in [4.69, 9.17) is 33.3 Å². The number of halogens is 2. The van der Waals surface area contributed by atoms with Crippen LogP contribution in [0.25, 0.3) is 39.6 Å². The van der Waals surface area contributed by atoms with Gasteiger partial charge in [0, 0.05) is 15.6 Å². The number of nitrogens with zero attached hydrogens (tertiary/aromatic N) is 4. The molecule has 43 heavy (non-hydrogen) atoms. The van der Waals surface area contributed by atoms with Crippen molar-refractivity contribution in [3.63, 3.8) is 0 Å². The molecule has 0 fully saturated rings. The molecule has 0 saturated carbocycles. The first-order chi connectivity index (χ1) is 20.7. The van der Waals surface area contributed by atoms with Crippen LogP contribution in [-0.2, 0) is 6.42 Å². The van der Waals surface area contributed by atoms with Gasteiger partial charge in [-0.05, 0) is 71.9 Å². The third kappa shape index (κ3) is 5.34. The molecule has 1 aliphatic rings. The van der Waals surface area contributed by atoms with Crippen molar-refractivity contribution in [2.24, 2.45) is 0 Å². The number of fused-ring (bicyclic) bond motifs is 3. The smallest absolute Gasteiger partial charge is 0.270 e. The van der Waals surface area contributed by atoms with Crippen LogP contribution >= 0.6 is 23.2 Å². The van der Waals surface area contributed by atoms with Gasteiger partial charge >= 0.3 is 0 Å². The molecule has 1 aliphatic carbocycles. The Morgan fingerprint density at radius 3 is 2.28 bits per heavy atom. The lowest BCUT2D eigenvalue weighted by atomic mass is 9.84. The molecule has 3 heterocycles. The van der Waals surface area contributed by atoms with Crippen molar-refractivity contribution < 1.29 is 25.5 Å². The van der Waals surface area contributed by atoms with E-state index in [-0.39, 0.29) is 22.6 Å². The topological polar surface area (TPSA) is 177 Å². The summed E-state index contributed by atoms with van der Waals surface area (Å²) in [7, 11) is 0. The normalized spacial score (nSPS) is 17.2. The van der Waals surface area contributed by atoms with Gasteiger partial charge in [-0.15, -0.1) is 0 Å². The van der Waals surface area contributed by atoms with Gasteiger partial charge in [0.05, 0.1) is 17.7 Å². The number of H-pyrrole nitrogens is 1. The molecule has 6 N–H and O–H groups in total.